The number of ketones is 3. The number of aliphatic hydroxyl groups excluding tert-OH is 1. The van der Waals surface area contributed by atoms with Gasteiger partial charge in [-0.2, -0.15) is 0 Å². The van der Waals surface area contributed by atoms with Gasteiger partial charge in [0.05, 0.1) is 16.4 Å². The Bertz CT molecular complexity index is 1200. The highest BCUT2D eigenvalue weighted by Crippen LogP contribution is 2.71. The monoisotopic (exact) mass is 546 g/mol. The molecule has 37 heavy (non-hydrogen) atoms. The predicted molar refractivity (Wildman–Crippen MR) is 140 cm³/mol. The van der Waals surface area contributed by atoms with Crippen molar-refractivity contribution < 1.29 is 29.3 Å². The van der Waals surface area contributed by atoms with E-state index in [1.165, 1.54) is 6.08 Å². The summed E-state index contributed by atoms with van der Waals surface area (Å²) in [4.78, 5) is 37.1. The molecule has 4 aliphatic rings. The molecule has 0 spiro atoms. The SMILES string of the molecule is C[C@]12C=CC(=O)C=C1CC[C@H]1[C@@H]3CC(OCC(=O)c4ccccc4)[C@](O)(C(=O)CO)[C@@]3(C)CC(Cl)[C@@]12Cl. The Kier molecular flexibility index (Phi) is 6.60. The zero-order chi connectivity index (χ0) is 26.8. The summed E-state index contributed by atoms with van der Waals surface area (Å²) < 4.78 is 6.02. The molecule has 0 heterocycles. The number of carbonyl (C=O) groups is 3. The number of carbonyl (C=O) groups excluding carboxylic acids is 3. The number of allylic oxidation sites excluding steroid dienone is 4. The molecule has 8 atom stereocenters. The van der Waals surface area contributed by atoms with Crippen LogP contribution in [0.15, 0.2) is 54.1 Å². The van der Waals surface area contributed by atoms with Gasteiger partial charge in [-0.05, 0) is 49.7 Å². The molecule has 0 aromatic heterocycles. The van der Waals surface area contributed by atoms with Gasteiger partial charge < -0.3 is 14.9 Å². The molecule has 0 saturated heterocycles. The number of alkyl halides is 2. The van der Waals surface area contributed by atoms with E-state index in [2.05, 4.69) is 0 Å². The normalized spacial score (nSPS) is 42.4. The largest absolute Gasteiger partial charge is 0.388 e. The summed E-state index contributed by atoms with van der Waals surface area (Å²) in [5.41, 5.74) is -2.32. The lowest BCUT2D eigenvalue weighted by atomic mass is 9.46. The van der Waals surface area contributed by atoms with Gasteiger partial charge in [-0.15, -0.1) is 23.2 Å². The Morgan fingerprint density at radius 3 is 2.54 bits per heavy atom. The van der Waals surface area contributed by atoms with Crippen LogP contribution in [-0.4, -0.2) is 62.7 Å². The van der Waals surface area contributed by atoms with Gasteiger partial charge in [0.25, 0.3) is 0 Å². The first-order valence-corrected chi connectivity index (χ1v) is 13.6. The average molecular weight is 547 g/mol. The van der Waals surface area contributed by atoms with Gasteiger partial charge in [0.2, 0.25) is 0 Å². The third kappa shape index (κ3) is 3.60. The van der Waals surface area contributed by atoms with Gasteiger partial charge >= 0.3 is 0 Å². The van der Waals surface area contributed by atoms with Crippen LogP contribution < -0.4 is 0 Å². The number of fused-ring (bicyclic) bond motifs is 5. The Hall–Kier alpha value is -1.83. The maximum atomic E-state index is 13.2. The van der Waals surface area contributed by atoms with Crippen molar-refractivity contribution >= 4 is 40.6 Å². The zero-order valence-electron chi connectivity index (χ0n) is 21.0. The summed E-state index contributed by atoms with van der Waals surface area (Å²) in [6.45, 7) is 2.66. The maximum Gasteiger partial charge on any atom is 0.192 e. The fourth-order valence-electron chi connectivity index (χ4n) is 7.83. The highest BCUT2D eigenvalue weighted by atomic mass is 35.5. The van der Waals surface area contributed by atoms with Crippen LogP contribution in [0.2, 0.25) is 0 Å². The van der Waals surface area contributed by atoms with Crippen LogP contribution in [0.25, 0.3) is 0 Å². The fourth-order valence-corrected chi connectivity index (χ4v) is 9.06. The van der Waals surface area contributed by atoms with Crippen LogP contribution in [0.1, 0.15) is 49.9 Å². The van der Waals surface area contributed by atoms with Crippen molar-refractivity contribution in [2.45, 2.75) is 61.5 Å². The van der Waals surface area contributed by atoms with E-state index in [0.29, 0.717) is 24.8 Å². The number of halogens is 2. The molecule has 0 aliphatic heterocycles. The van der Waals surface area contributed by atoms with Gasteiger partial charge in [0, 0.05) is 16.4 Å². The van der Waals surface area contributed by atoms with Gasteiger partial charge in [-0.1, -0.05) is 55.8 Å². The standard InChI is InChI=1S/C29H32Cl2O6/c1-26-11-10-19(33)12-18(26)8-9-20-21-13-25(37-16-22(34)17-6-4-3-5-7-17)29(36,24(35)15-32)27(21,2)14-23(30)28(20,26)31/h3-7,10-12,20-21,23,25,32,36H,8-9,13-16H2,1-2H3/t20-,21-,23?,25?,26-,27-,28-,29+/m0/s1. The molecule has 4 aliphatic carbocycles. The average Bonchev–Trinajstić information content (AvgIpc) is 3.11. The van der Waals surface area contributed by atoms with E-state index >= 15 is 0 Å². The van der Waals surface area contributed by atoms with E-state index in [4.69, 9.17) is 27.9 Å². The first kappa shape index (κ1) is 26.8. The minimum absolute atomic E-state index is 0.0710. The minimum Gasteiger partial charge on any atom is -0.388 e. The summed E-state index contributed by atoms with van der Waals surface area (Å²) in [6, 6.07) is 8.68. The van der Waals surface area contributed by atoms with E-state index in [0.717, 1.165) is 5.57 Å². The molecule has 0 bridgehead atoms. The summed E-state index contributed by atoms with van der Waals surface area (Å²) in [5.74, 6) is -1.54. The molecule has 2 N–H and O–H groups in total. The van der Waals surface area contributed by atoms with Gasteiger partial charge in [0.15, 0.2) is 23.0 Å². The minimum atomic E-state index is -2.04. The molecule has 1 aromatic carbocycles. The molecule has 6 nitrogen and oxygen atoms in total. The summed E-state index contributed by atoms with van der Waals surface area (Å²) in [5, 5.41) is 21.3. The second-order valence-corrected chi connectivity index (χ2v) is 12.5. The molecular formula is C29H32Cl2O6. The lowest BCUT2D eigenvalue weighted by Crippen LogP contribution is -2.68. The van der Waals surface area contributed by atoms with Gasteiger partial charge in [-0.3, -0.25) is 14.4 Å². The Morgan fingerprint density at radius 2 is 1.86 bits per heavy atom. The number of rotatable bonds is 6. The van der Waals surface area contributed by atoms with Crippen molar-refractivity contribution in [1.29, 1.82) is 0 Å². The molecule has 3 saturated carbocycles. The third-order valence-electron chi connectivity index (χ3n) is 9.87. The number of aliphatic hydroxyl groups is 2. The number of hydrogen-bond acceptors (Lipinski definition) is 6. The second-order valence-electron chi connectivity index (χ2n) is 11.4. The molecule has 198 valence electrons. The van der Waals surface area contributed by atoms with Crippen molar-refractivity contribution in [2.75, 3.05) is 13.2 Å². The predicted octanol–water partition coefficient (Wildman–Crippen LogP) is 4.04. The van der Waals surface area contributed by atoms with E-state index in [1.807, 2.05) is 26.0 Å². The van der Waals surface area contributed by atoms with E-state index in [1.54, 1.807) is 30.3 Å². The number of benzene rings is 1. The lowest BCUT2D eigenvalue weighted by molar-refractivity contribution is -0.180. The Labute approximate surface area is 226 Å². The molecule has 3 fully saturated rings. The molecule has 0 radical (unpaired) electrons. The van der Waals surface area contributed by atoms with Crippen molar-refractivity contribution in [3.05, 3.63) is 59.7 Å². The topological polar surface area (TPSA) is 101 Å². The number of hydrogen-bond donors (Lipinski definition) is 2. The van der Waals surface area contributed by atoms with Crippen LogP contribution in [0.3, 0.4) is 0 Å². The van der Waals surface area contributed by atoms with E-state index < -0.39 is 45.2 Å². The first-order valence-electron chi connectivity index (χ1n) is 12.8. The van der Waals surface area contributed by atoms with Crippen LogP contribution in [-0.2, 0) is 14.3 Å². The highest BCUT2D eigenvalue weighted by Gasteiger charge is 2.75. The van der Waals surface area contributed by atoms with Crippen LogP contribution in [0.4, 0.5) is 0 Å². The highest BCUT2D eigenvalue weighted by molar-refractivity contribution is 6.34. The second kappa shape index (κ2) is 9.13. The van der Waals surface area contributed by atoms with Crippen molar-refractivity contribution in [1.82, 2.24) is 0 Å². The Morgan fingerprint density at radius 1 is 1.16 bits per heavy atom. The molecule has 2 unspecified atom stereocenters. The lowest BCUT2D eigenvalue weighted by Gasteiger charge is -2.63. The van der Waals surface area contributed by atoms with Crippen molar-refractivity contribution in [2.24, 2.45) is 22.7 Å². The molecule has 8 heteroatoms. The quantitative estimate of drug-likeness (QED) is 0.412. The fraction of sp³-hybridized carbons (Fsp3) is 0.552. The van der Waals surface area contributed by atoms with Crippen molar-refractivity contribution in [3.63, 3.8) is 0 Å². The van der Waals surface area contributed by atoms with E-state index in [-0.39, 0.29) is 36.4 Å². The van der Waals surface area contributed by atoms with E-state index in [9.17, 15) is 24.6 Å². The molecule has 0 amide bonds. The van der Waals surface area contributed by atoms with Crippen LogP contribution in [0, 0.1) is 22.7 Å². The maximum absolute atomic E-state index is 13.2. The first-order chi connectivity index (χ1) is 17.4. The zero-order valence-corrected chi connectivity index (χ0v) is 22.5. The third-order valence-corrected chi connectivity index (χ3v) is 11.4. The number of ether oxygens (including phenoxy) is 1. The van der Waals surface area contributed by atoms with Crippen LogP contribution in [0.5, 0.6) is 0 Å². The Balaban J connectivity index is 1.51. The van der Waals surface area contributed by atoms with Crippen molar-refractivity contribution in [3.8, 4) is 0 Å². The smallest absolute Gasteiger partial charge is 0.192 e. The van der Waals surface area contributed by atoms with Gasteiger partial charge in [-0.25, -0.2) is 0 Å². The molecular weight excluding hydrogens is 515 g/mol. The molecule has 1 aromatic rings. The summed E-state index contributed by atoms with van der Waals surface area (Å²) in [6.07, 6.45) is 5.81. The molecule has 5 rings (SSSR count). The van der Waals surface area contributed by atoms with Gasteiger partial charge in [0.1, 0.15) is 13.2 Å². The van der Waals surface area contributed by atoms with Crippen LogP contribution >= 0.6 is 23.2 Å². The number of Topliss-reactive ketones (excluding diaryl/α,β-unsaturated/α-hetero) is 2. The summed E-state index contributed by atoms with van der Waals surface area (Å²) >= 11 is 14.6. The summed E-state index contributed by atoms with van der Waals surface area (Å²) in [7, 11) is 0.